The number of fused-ring (bicyclic) bond motifs is 1. The second-order valence-corrected chi connectivity index (χ2v) is 7.35. The summed E-state index contributed by atoms with van der Waals surface area (Å²) in [6.45, 7) is 1.64. The molecule has 1 saturated heterocycles. The zero-order valence-corrected chi connectivity index (χ0v) is 13.8. The highest BCUT2D eigenvalue weighted by Crippen LogP contribution is 2.29. The van der Waals surface area contributed by atoms with Gasteiger partial charge < -0.3 is 10.2 Å². The fourth-order valence-corrected chi connectivity index (χ4v) is 4.21. The maximum absolute atomic E-state index is 12.6. The molecule has 0 atom stereocenters. The third kappa shape index (κ3) is 3.26. The van der Waals surface area contributed by atoms with Crippen molar-refractivity contribution < 1.29 is 13.2 Å². The van der Waals surface area contributed by atoms with Gasteiger partial charge in [-0.3, -0.25) is 0 Å². The van der Waals surface area contributed by atoms with E-state index in [9.17, 15) is 13.2 Å². The second-order valence-electron chi connectivity index (χ2n) is 5.21. The van der Waals surface area contributed by atoms with Crippen LogP contribution in [0.1, 0.15) is 0 Å². The molecule has 2 aromatic carbocycles. The van der Waals surface area contributed by atoms with Crippen LogP contribution < -0.4 is 10.0 Å². The maximum atomic E-state index is 12.6. The highest BCUT2D eigenvalue weighted by molar-refractivity contribution is 7.89. The highest BCUT2D eigenvalue weighted by Gasteiger charge is 2.21. The number of urea groups is 1. The largest absolute Gasteiger partial charge is 0.336 e. The molecule has 6 nitrogen and oxygen atoms in total. The van der Waals surface area contributed by atoms with E-state index in [1.165, 1.54) is 6.07 Å². The minimum Gasteiger partial charge on any atom is -0.336 e. The van der Waals surface area contributed by atoms with Crippen LogP contribution in [-0.4, -0.2) is 45.5 Å². The Hall–Kier alpha value is -1.83. The predicted molar refractivity (Wildman–Crippen MR) is 89.1 cm³/mol. The fraction of sp³-hybridized carbons (Fsp3) is 0.267. The molecule has 0 bridgehead atoms. The number of benzene rings is 2. The Bertz CT molecular complexity index is 849. The molecular weight excluding hydrogens is 338 g/mol. The third-order valence-corrected chi connectivity index (χ3v) is 5.54. The van der Waals surface area contributed by atoms with Gasteiger partial charge in [-0.1, -0.05) is 35.9 Å². The summed E-state index contributed by atoms with van der Waals surface area (Å²) in [7, 11) is -3.71. The number of hydrogen-bond donors (Lipinski definition) is 2. The number of nitrogens with one attached hydrogen (secondary N) is 2. The number of halogens is 1. The molecule has 2 aromatic rings. The molecule has 1 heterocycles. The lowest BCUT2D eigenvalue weighted by Gasteiger charge is -2.15. The van der Waals surface area contributed by atoms with Crippen molar-refractivity contribution in [1.29, 1.82) is 0 Å². The monoisotopic (exact) mass is 353 g/mol. The van der Waals surface area contributed by atoms with E-state index >= 15 is 0 Å². The molecule has 2 amide bonds. The van der Waals surface area contributed by atoms with Gasteiger partial charge in [0.15, 0.2) is 0 Å². The molecule has 1 aliphatic rings. The minimum atomic E-state index is -3.71. The van der Waals surface area contributed by atoms with Crippen LogP contribution in [0, 0.1) is 0 Å². The van der Waals surface area contributed by atoms with Crippen LogP contribution in [0.3, 0.4) is 0 Å². The smallest absolute Gasteiger partial charge is 0.317 e. The van der Waals surface area contributed by atoms with Gasteiger partial charge in [0, 0.05) is 36.6 Å². The molecule has 0 unspecified atom stereocenters. The molecule has 122 valence electrons. The van der Waals surface area contributed by atoms with E-state index in [0.717, 1.165) is 5.39 Å². The Labute approximate surface area is 139 Å². The normalized spacial score (nSPS) is 15.2. The van der Waals surface area contributed by atoms with Gasteiger partial charge >= 0.3 is 6.03 Å². The van der Waals surface area contributed by atoms with Gasteiger partial charge in [0.05, 0.1) is 4.90 Å². The highest BCUT2D eigenvalue weighted by atomic mass is 35.5. The van der Waals surface area contributed by atoms with Gasteiger partial charge in [-0.15, -0.1) is 0 Å². The van der Waals surface area contributed by atoms with E-state index in [0.29, 0.717) is 30.0 Å². The van der Waals surface area contributed by atoms with E-state index < -0.39 is 10.0 Å². The number of amides is 2. The SMILES string of the molecule is O=C1NCCN1CCNS(=O)(=O)c1cccc2cccc(Cl)c12. The Kier molecular flexibility index (Phi) is 4.43. The van der Waals surface area contributed by atoms with Crippen LogP contribution in [0.25, 0.3) is 10.8 Å². The molecule has 0 aliphatic carbocycles. The topological polar surface area (TPSA) is 78.5 Å². The molecule has 0 spiro atoms. The maximum Gasteiger partial charge on any atom is 0.317 e. The van der Waals surface area contributed by atoms with Crippen LogP contribution in [0.2, 0.25) is 5.02 Å². The van der Waals surface area contributed by atoms with Crippen molar-refractivity contribution in [2.75, 3.05) is 26.2 Å². The molecule has 2 N–H and O–H groups in total. The molecular formula is C15H16ClN3O3S. The Morgan fingerprint density at radius 3 is 2.65 bits per heavy atom. The summed E-state index contributed by atoms with van der Waals surface area (Å²) in [5, 5.41) is 4.33. The second kappa shape index (κ2) is 6.35. The minimum absolute atomic E-state index is 0.145. The van der Waals surface area contributed by atoms with Crippen molar-refractivity contribution in [3.05, 3.63) is 41.4 Å². The van der Waals surface area contributed by atoms with Crippen molar-refractivity contribution in [2.24, 2.45) is 0 Å². The molecule has 8 heteroatoms. The average Bonchev–Trinajstić information content (AvgIpc) is 2.92. The Morgan fingerprint density at radius 2 is 1.96 bits per heavy atom. The fourth-order valence-electron chi connectivity index (χ4n) is 2.60. The van der Waals surface area contributed by atoms with Crippen LogP contribution in [0.4, 0.5) is 4.79 Å². The van der Waals surface area contributed by atoms with Crippen molar-refractivity contribution in [2.45, 2.75) is 4.90 Å². The lowest BCUT2D eigenvalue weighted by atomic mass is 10.1. The van der Waals surface area contributed by atoms with Crippen LogP contribution in [0.5, 0.6) is 0 Å². The van der Waals surface area contributed by atoms with E-state index in [4.69, 9.17) is 11.6 Å². The van der Waals surface area contributed by atoms with Crippen molar-refractivity contribution >= 4 is 38.4 Å². The average molecular weight is 354 g/mol. The summed E-state index contributed by atoms with van der Waals surface area (Å²) in [6, 6.07) is 10.1. The summed E-state index contributed by atoms with van der Waals surface area (Å²) in [5.74, 6) is 0. The lowest BCUT2D eigenvalue weighted by Crippen LogP contribution is -2.36. The van der Waals surface area contributed by atoms with E-state index in [1.807, 2.05) is 12.1 Å². The first kappa shape index (κ1) is 16.0. The molecule has 23 heavy (non-hydrogen) atoms. The van der Waals surface area contributed by atoms with Gasteiger partial charge in [-0.25, -0.2) is 17.9 Å². The molecule has 0 radical (unpaired) electrons. The first-order valence-electron chi connectivity index (χ1n) is 7.19. The first-order chi connectivity index (χ1) is 11.0. The van der Waals surface area contributed by atoms with Crippen LogP contribution in [0.15, 0.2) is 41.3 Å². The molecule has 0 aromatic heterocycles. The van der Waals surface area contributed by atoms with Gasteiger partial charge in [0.2, 0.25) is 10.0 Å². The van der Waals surface area contributed by atoms with Crippen LogP contribution in [-0.2, 0) is 10.0 Å². The van der Waals surface area contributed by atoms with E-state index in [2.05, 4.69) is 10.0 Å². The summed E-state index contributed by atoms with van der Waals surface area (Å²) in [5.41, 5.74) is 0. The summed E-state index contributed by atoms with van der Waals surface area (Å²) in [4.78, 5) is 13.2. The number of hydrogen-bond acceptors (Lipinski definition) is 3. The van der Waals surface area contributed by atoms with Gasteiger partial charge in [-0.05, 0) is 17.5 Å². The van der Waals surface area contributed by atoms with Crippen molar-refractivity contribution in [3.63, 3.8) is 0 Å². The van der Waals surface area contributed by atoms with Crippen LogP contribution >= 0.6 is 11.6 Å². The van der Waals surface area contributed by atoms with Gasteiger partial charge in [0.25, 0.3) is 0 Å². The van der Waals surface area contributed by atoms with E-state index in [1.54, 1.807) is 23.1 Å². The quantitative estimate of drug-likeness (QED) is 0.860. The molecule has 0 saturated carbocycles. The van der Waals surface area contributed by atoms with E-state index in [-0.39, 0.29) is 17.5 Å². The Balaban J connectivity index is 1.81. The Morgan fingerprint density at radius 1 is 1.22 bits per heavy atom. The predicted octanol–water partition coefficient (Wildman–Crippen LogP) is 1.80. The number of rotatable bonds is 5. The number of carbonyl (C=O) groups excluding carboxylic acids is 1. The zero-order chi connectivity index (χ0) is 16.4. The summed E-state index contributed by atoms with van der Waals surface area (Å²) < 4.78 is 27.7. The van der Waals surface area contributed by atoms with Crippen molar-refractivity contribution in [1.82, 2.24) is 14.9 Å². The number of sulfonamides is 1. The summed E-state index contributed by atoms with van der Waals surface area (Å²) >= 11 is 6.17. The lowest BCUT2D eigenvalue weighted by molar-refractivity contribution is 0.218. The molecule has 3 rings (SSSR count). The number of carbonyl (C=O) groups is 1. The van der Waals surface area contributed by atoms with Gasteiger partial charge in [0.1, 0.15) is 0 Å². The molecule has 1 aliphatic heterocycles. The van der Waals surface area contributed by atoms with Gasteiger partial charge in [-0.2, -0.15) is 0 Å². The first-order valence-corrected chi connectivity index (χ1v) is 9.05. The standard InChI is InChI=1S/C15H16ClN3O3S/c16-12-5-1-3-11-4-2-6-13(14(11)12)23(21,22)18-8-10-19-9-7-17-15(19)20/h1-6,18H,7-10H2,(H,17,20). The zero-order valence-electron chi connectivity index (χ0n) is 12.3. The molecule has 1 fully saturated rings. The number of nitrogens with zero attached hydrogens (tertiary/aromatic N) is 1. The van der Waals surface area contributed by atoms with Crippen molar-refractivity contribution in [3.8, 4) is 0 Å². The summed E-state index contributed by atoms with van der Waals surface area (Å²) in [6.07, 6.45) is 0. The third-order valence-electron chi connectivity index (χ3n) is 3.72.